The second kappa shape index (κ2) is 8.16. The van der Waals surface area contributed by atoms with Crippen LogP contribution in [0.1, 0.15) is 24.1 Å². The number of pyridine rings is 1. The van der Waals surface area contributed by atoms with E-state index in [0.29, 0.717) is 18.2 Å². The van der Waals surface area contributed by atoms with Crippen molar-refractivity contribution in [2.24, 2.45) is 5.73 Å². The van der Waals surface area contributed by atoms with Crippen molar-refractivity contribution in [3.8, 4) is 5.82 Å². The molecule has 1 unspecified atom stereocenters. The Morgan fingerprint density at radius 2 is 2.04 bits per heavy atom. The zero-order valence-electron chi connectivity index (χ0n) is 16.1. The topological polar surface area (TPSA) is 89.1 Å². The molecule has 2 amide bonds. The van der Waals surface area contributed by atoms with Gasteiger partial charge in [0.2, 0.25) is 0 Å². The maximum absolute atomic E-state index is 12.7. The Kier molecular flexibility index (Phi) is 5.86. The van der Waals surface area contributed by atoms with Crippen molar-refractivity contribution in [3.05, 3.63) is 47.7 Å². The van der Waals surface area contributed by atoms with E-state index in [9.17, 15) is 4.79 Å². The van der Waals surface area contributed by atoms with Crippen LogP contribution >= 0.6 is 12.4 Å². The SMILES string of the molecule is Cc1cc(NC(=O)N2CCCC(N)C2)n(-c2cc(C)c3ccccc3n2)n1.Cl. The minimum Gasteiger partial charge on any atom is -0.326 e. The molecule has 1 saturated heterocycles. The van der Waals surface area contributed by atoms with Crippen molar-refractivity contribution in [1.82, 2.24) is 19.7 Å². The average molecular weight is 401 g/mol. The summed E-state index contributed by atoms with van der Waals surface area (Å²) in [5.41, 5.74) is 8.83. The molecular formula is C20H25ClN6O. The van der Waals surface area contributed by atoms with Gasteiger partial charge >= 0.3 is 6.03 Å². The van der Waals surface area contributed by atoms with Gasteiger partial charge < -0.3 is 10.6 Å². The number of para-hydroxylation sites is 1. The van der Waals surface area contributed by atoms with Crippen LogP contribution < -0.4 is 11.1 Å². The van der Waals surface area contributed by atoms with Gasteiger partial charge in [-0.15, -0.1) is 12.4 Å². The highest BCUT2D eigenvalue weighted by Crippen LogP contribution is 2.22. The van der Waals surface area contributed by atoms with E-state index in [1.54, 1.807) is 9.58 Å². The molecule has 28 heavy (non-hydrogen) atoms. The summed E-state index contributed by atoms with van der Waals surface area (Å²) in [6.07, 6.45) is 1.89. The van der Waals surface area contributed by atoms with Crippen molar-refractivity contribution in [1.29, 1.82) is 0 Å². The molecule has 0 radical (unpaired) electrons. The Bertz CT molecular complexity index is 1000. The lowest BCUT2D eigenvalue weighted by Crippen LogP contribution is -2.47. The number of nitrogens with zero attached hydrogens (tertiary/aromatic N) is 4. The smallest absolute Gasteiger partial charge is 0.323 e. The number of likely N-dealkylation sites (tertiary alicyclic amines) is 1. The first-order valence-corrected chi connectivity index (χ1v) is 9.26. The summed E-state index contributed by atoms with van der Waals surface area (Å²) < 4.78 is 1.69. The molecule has 148 valence electrons. The van der Waals surface area contributed by atoms with Crippen molar-refractivity contribution < 1.29 is 4.79 Å². The van der Waals surface area contributed by atoms with Gasteiger partial charge in [-0.25, -0.2) is 9.78 Å². The number of benzene rings is 1. The maximum atomic E-state index is 12.7. The van der Waals surface area contributed by atoms with E-state index in [1.165, 1.54) is 0 Å². The molecule has 0 saturated carbocycles. The number of nitrogens with one attached hydrogen (secondary N) is 1. The van der Waals surface area contributed by atoms with Gasteiger partial charge in [-0.3, -0.25) is 5.32 Å². The van der Waals surface area contributed by atoms with Crippen LogP contribution in [0.4, 0.5) is 10.6 Å². The van der Waals surface area contributed by atoms with Crippen LogP contribution in [0.25, 0.3) is 16.7 Å². The Balaban J connectivity index is 0.00000225. The predicted molar refractivity (Wildman–Crippen MR) is 113 cm³/mol. The molecular weight excluding hydrogens is 376 g/mol. The highest BCUT2D eigenvalue weighted by Gasteiger charge is 2.22. The Hall–Kier alpha value is -2.64. The number of carbonyl (C=O) groups is 1. The predicted octanol–water partition coefficient (Wildman–Crippen LogP) is 3.41. The summed E-state index contributed by atoms with van der Waals surface area (Å²) in [5, 5.41) is 8.63. The van der Waals surface area contributed by atoms with Gasteiger partial charge in [0.1, 0.15) is 5.82 Å². The average Bonchev–Trinajstić information content (AvgIpc) is 3.02. The first kappa shape index (κ1) is 20.1. The van der Waals surface area contributed by atoms with Crippen molar-refractivity contribution >= 4 is 35.2 Å². The van der Waals surface area contributed by atoms with Crippen LogP contribution in [0.3, 0.4) is 0 Å². The van der Waals surface area contributed by atoms with E-state index in [4.69, 9.17) is 10.7 Å². The number of nitrogens with two attached hydrogens (primary N) is 1. The Morgan fingerprint density at radius 3 is 2.82 bits per heavy atom. The molecule has 1 aliphatic rings. The maximum Gasteiger partial charge on any atom is 0.323 e. The second-order valence-electron chi connectivity index (χ2n) is 7.18. The third kappa shape index (κ3) is 3.95. The number of halogens is 1. The summed E-state index contributed by atoms with van der Waals surface area (Å²) >= 11 is 0. The van der Waals surface area contributed by atoms with Gasteiger partial charge in [0, 0.05) is 30.6 Å². The van der Waals surface area contributed by atoms with Crippen molar-refractivity contribution in [2.45, 2.75) is 32.7 Å². The summed E-state index contributed by atoms with van der Waals surface area (Å²) in [6.45, 7) is 5.25. The van der Waals surface area contributed by atoms with Crippen LogP contribution in [0.2, 0.25) is 0 Å². The van der Waals surface area contributed by atoms with E-state index in [2.05, 4.69) is 23.4 Å². The molecule has 0 bridgehead atoms. The van der Waals surface area contributed by atoms with Crippen LogP contribution in [0.15, 0.2) is 36.4 Å². The first-order chi connectivity index (χ1) is 13.0. The number of carbonyl (C=O) groups excluding carboxylic acids is 1. The highest BCUT2D eigenvalue weighted by atomic mass is 35.5. The molecule has 8 heteroatoms. The number of hydrogen-bond acceptors (Lipinski definition) is 4. The number of amides is 2. The van der Waals surface area contributed by atoms with Gasteiger partial charge in [-0.2, -0.15) is 9.78 Å². The molecule has 4 rings (SSSR count). The molecule has 0 spiro atoms. The third-order valence-electron chi connectivity index (χ3n) is 4.94. The standard InChI is InChI=1S/C20H24N6O.ClH/c1-13-10-18(22-17-8-4-3-7-16(13)17)26-19(11-14(2)24-26)23-20(27)25-9-5-6-15(21)12-25;/h3-4,7-8,10-11,15H,5-6,9,12,21H2,1-2H3,(H,23,27);1H. The number of piperidine rings is 1. The zero-order valence-corrected chi connectivity index (χ0v) is 16.9. The Labute approximate surface area is 170 Å². The second-order valence-corrected chi connectivity index (χ2v) is 7.18. The highest BCUT2D eigenvalue weighted by molar-refractivity contribution is 5.89. The lowest BCUT2D eigenvalue weighted by atomic mass is 10.1. The molecule has 3 aromatic rings. The normalized spacial score (nSPS) is 16.7. The molecule has 3 heterocycles. The quantitative estimate of drug-likeness (QED) is 0.689. The Morgan fingerprint density at radius 1 is 1.25 bits per heavy atom. The molecule has 1 atom stereocenters. The summed E-state index contributed by atoms with van der Waals surface area (Å²) in [4.78, 5) is 19.2. The van der Waals surface area contributed by atoms with E-state index in [1.807, 2.05) is 37.3 Å². The number of hydrogen-bond donors (Lipinski definition) is 2. The minimum atomic E-state index is -0.149. The van der Waals surface area contributed by atoms with E-state index >= 15 is 0 Å². The fraction of sp³-hybridized carbons (Fsp3) is 0.350. The molecule has 2 aromatic heterocycles. The van der Waals surface area contributed by atoms with Crippen LogP contribution in [0, 0.1) is 13.8 Å². The lowest BCUT2D eigenvalue weighted by Gasteiger charge is -2.30. The van der Waals surface area contributed by atoms with Crippen LogP contribution in [-0.2, 0) is 0 Å². The molecule has 7 nitrogen and oxygen atoms in total. The summed E-state index contributed by atoms with van der Waals surface area (Å²) in [7, 11) is 0. The number of aromatic nitrogens is 3. The van der Waals surface area contributed by atoms with Gasteiger partial charge in [-0.05, 0) is 44.4 Å². The number of urea groups is 1. The molecule has 1 aromatic carbocycles. The van der Waals surface area contributed by atoms with Gasteiger partial charge in [-0.1, -0.05) is 18.2 Å². The van der Waals surface area contributed by atoms with Gasteiger partial charge in [0.05, 0.1) is 11.2 Å². The molecule has 1 aliphatic heterocycles. The molecule has 3 N–H and O–H groups in total. The van der Waals surface area contributed by atoms with Crippen LogP contribution in [0.5, 0.6) is 0 Å². The van der Waals surface area contributed by atoms with Gasteiger partial charge in [0.25, 0.3) is 0 Å². The summed E-state index contributed by atoms with van der Waals surface area (Å²) in [5.74, 6) is 1.30. The molecule has 1 fully saturated rings. The fourth-order valence-electron chi connectivity index (χ4n) is 3.59. The van der Waals surface area contributed by atoms with Gasteiger partial charge in [0.15, 0.2) is 5.82 Å². The number of rotatable bonds is 2. The third-order valence-corrected chi connectivity index (χ3v) is 4.94. The minimum absolute atomic E-state index is 0. The van der Waals surface area contributed by atoms with Crippen molar-refractivity contribution in [2.75, 3.05) is 18.4 Å². The summed E-state index contributed by atoms with van der Waals surface area (Å²) in [6, 6.07) is 11.7. The fourth-order valence-corrected chi connectivity index (χ4v) is 3.59. The lowest BCUT2D eigenvalue weighted by molar-refractivity contribution is 0.193. The largest absolute Gasteiger partial charge is 0.326 e. The number of fused-ring (bicyclic) bond motifs is 1. The first-order valence-electron chi connectivity index (χ1n) is 9.26. The number of anilines is 1. The molecule has 0 aliphatic carbocycles. The van der Waals surface area contributed by atoms with E-state index in [0.717, 1.165) is 41.5 Å². The number of aryl methyl sites for hydroxylation is 2. The monoisotopic (exact) mass is 400 g/mol. The van der Waals surface area contributed by atoms with Crippen molar-refractivity contribution in [3.63, 3.8) is 0 Å². The zero-order chi connectivity index (χ0) is 19.0. The van der Waals surface area contributed by atoms with Crippen LogP contribution in [-0.4, -0.2) is 44.8 Å². The van der Waals surface area contributed by atoms with E-state index in [-0.39, 0.29) is 24.5 Å². The van der Waals surface area contributed by atoms with E-state index < -0.39 is 0 Å².